The van der Waals surface area contributed by atoms with E-state index in [-0.39, 0.29) is 0 Å². The molecule has 3 nitrogen and oxygen atoms in total. The number of rotatable bonds is 3. The normalized spacial score (nSPS) is 10.4. The molecule has 0 amide bonds. The summed E-state index contributed by atoms with van der Waals surface area (Å²) in [6.07, 6.45) is 2.05. The first-order valence-electron chi connectivity index (χ1n) is 5.45. The average Bonchev–Trinajstić information content (AvgIpc) is 2.63. The van der Waals surface area contributed by atoms with E-state index in [0.29, 0.717) is 0 Å². The van der Waals surface area contributed by atoms with Crippen molar-refractivity contribution in [2.24, 2.45) is 7.05 Å². The Bertz CT molecular complexity index is 486. The van der Waals surface area contributed by atoms with Crippen LogP contribution in [0.4, 0.5) is 5.69 Å². The van der Waals surface area contributed by atoms with Crippen molar-refractivity contribution < 1.29 is 0 Å². The van der Waals surface area contributed by atoms with E-state index >= 15 is 0 Å². The van der Waals surface area contributed by atoms with E-state index in [4.69, 9.17) is 0 Å². The van der Waals surface area contributed by atoms with Crippen LogP contribution in [0.1, 0.15) is 17.1 Å². The molecule has 0 radical (unpaired) electrons. The largest absolute Gasteiger partial charge is 0.378 e. The fourth-order valence-electron chi connectivity index (χ4n) is 1.74. The van der Waals surface area contributed by atoms with E-state index in [9.17, 15) is 0 Å². The van der Waals surface area contributed by atoms with Gasteiger partial charge in [-0.3, -0.25) is 4.98 Å². The Hall–Kier alpha value is -1.77. The molecule has 2 rings (SSSR count). The predicted molar refractivity (Wildman–Crippen MR) is 66.5 cm³/mol. The summed E-state index contributed by atoms with van der Waals surface area (Å²) in [6.45, 7) is 4.86. The maximum absolute atomic E-state index is 4.43. The average molecular weight is 215 g/mol. The van der Waals surface area contributed by atoms with Crippen molar-refractivity contribution in [1.82, 2.24) is 9.55 Å². The van der Waals surface area contributed by atoms with Crippen molar-refractivity contribution in [3.63, 3.8) is 0 Å². The highest BCUT2D eigenvalue weighted by Gasteiger charge is 2.01. The maximum atomic E-state index is 4.43. The molecule has 0 bridgehead atoms. The van der Waals surface area contributed by atoms with E-state index in [2.05, 4.69) is 46.3 Å². The van der Waals surface area contributed by atoms with E-state index in [1.807, 2.05) is 19.9 Å². The molecule has 0 spiro atoms. The molecule has 1 N–H and O–H groups in total. The van der Waals surface area contributed by atoms with Gasteiger partial charge < -0.3 is 9.88 Å². The zero-order chi connectivity index (χ0) is 11.5. The Balaban J connectivity index is 2.08. The second-order valence-electron chi connectivity index (χ2n) is 4.05. The first kappa shape index (κ1) is 10.7. The summed E-state index contributed by atoms with van der Waals surface area (Å²) in [5, 5.41) is 3.40. The van der Waals surface area contributed by atoms with Gasteiger partial charge in [0.25, 0.3) is 0 Å². The van der Waals surface area contributed by atoms with Crippen molar-refractivity contribution in [2.75, 3.05) is 5.32 Å². The minimum absolute atomic E-state index is 0.828. The summed E-state index contributed by atoms with van der Waals surface area (Å²) < 4.78 is 2.12. The molecule has 0 aliphatic heterocycles. The fraction of sp³-hybridized carbons (Fsp3) is 0.308. The van der Waals surface area contributed by atoms with Crippen molar-refractivity contribution in [3.05, 3.63) is 47.5 Å². The highest BCUT2D eigenvalue weighted by molar-refractivity contribution is 5.47. The summed E-state index contributed by atoms with van der Waals surface area (Å²) in [5.74, 6) is 0. The summed E-state index contributed by atoms with van der Waals surface area (Å²) >= 11 is 0. The molecule has 0 aliphatic rings. The number of nitrogens with zero attached hydrogens (tertiary/aromatic N) is 2. The molecule has 2 aromatic heterocycles. The van der Waals surface area contributed by atoms with E-state index < -0.39 is 0 Å². The van der Waals surface area contributed by atoms with Gasteiger partial charge in [-0.15, -0.1) is 0 Å². The molecule has 3 heteroatoms. The molecule has 0 atom stereocenters. The number of hydrogen-bond donors (Lipinski definition) is 1. The highest BCUT2D eigenvalue weighted by Crippen LogP contribution is 2.13. The van der Waals surface area contributed by atoms with Crippen molar-refractivity contribution in [3.8, 4) is 0 Å². The van der Waals surface area contributed by atoms with Crippen LogP contribution in [-0.4, -0.2) is 9.55 Å². The zero-order valence-corrected chi connectivity index (χ0v) is 9.99. The van der Waals surface area contributed by atoms with Crippen LogP contribution >= 0.6 is 0 Å². The van der Waals surface area contributed by atoms with Crippen LogP contribution in [0.2, 0.25) is 0 Å². The fourth-order valence-corrected chi connectivity index (χ4v) is 1.74. The maximum Gasteiger partial charge on any atom is 0.0607 e. The highest BCUT2D eigenvalue weighted by atomic mass is 15.0. The van der Waals surface area contributed by atoms with Gasteiger partial charge >= 0.3 is 0 Å². The number of aromatic nitrogens is 2. The molecule has 16 heavy (non-hydrogen) atoms. The number of aryl methyl sites for hydroxylation is 3. The van der Waals surface area contributed by atoms with Gasteiger partial charge in [-0.1, -0.05) is 0 Å². The first-order chi connectivity index (χ1) is 7.66. The molecular weight excluding hydrogens is 198 g/mol. The third kappa shape index (κ3) is 2.24. The SMILES string of the molecule is Cc1ccc(NCc2cccn2C)c(C)n1. The first-order valence-corrected chi connectivity index (χ1v) is 5.45. The molecule has 0 saturated carbocycles. The lowest BCUT2D eigenvalue weighted by molar-refractivity contribution is 0.841. The summed E-state index contributed by atoms with van der Waals surface area (Å²) in [6, 6.07) is 8.28. The second-order valence-corrected chi connectivity index (χ2v) is 4.05. The second kappa shape index (κ2) is 4.39. The van der Waals surface area contributed by atoms with Gasteiger partial charge in [-0.25, -0.2) is 0 Å². The lowest BCUT2D eigenvalue weighted by Gasteiger charge is -2.10. The van der Waals surface area contributed by atoms with Gasteiger partial charge in [0, 0.05) is 24.6 Å². The van der Waals surface area contributed by atoms with Gasteiger partial charge in [-0.2, -0.15) is 0 Å². The molecule has 0 aliphatic carbocycles. The smallest absolute Gasteiger partial charge is 0.0607 e. The Morgan fingerprint density at radius 1 is 1.25 bits per heavy atom. The topological polar surface area (TPSA) is 29.9 Å². The molecule has 0 fully saturated rings. The minimum atomic E-state index is 0.828. The molecular formula is C13H17N3. The quantitative estimate of drug-likeness (QED) is 0.853. The predicted octanol–water partition coefficient (Wildman–Crippen LogP) is 2.65. The van der Waals surface area contributed by atoms with E-state index in [1.54, 1.807) is 0 Å². The molecule has 0 aromatic carbocycles. The number of nitrogens with one attached hydrogen (secondary N) is 1. The Morgan fingerprint density at radius 2 is 2.06 bits per heavy atom. The number of hydrogen-bond acceptors (Lipinski definition) is 2. The van der Waals surface area contributed by atoms with Crippen LogP contribution in [-0.2, 0) is 13.6 Å². The minimum Gasteiger partial charge on any atom is -0.378 e. The Kier molecular flexibility index (Phi) is 2.95. The summed E-state index contributed by atoms with van der Waals surface area (Å²) in [5.41, 5.74) is 4.47. The lowest BCUT2D eigenvalue weighted by atomic mass is 10.2. The third-order valence-corrected chi connectivity index (χ3v) is 2.74. The van der Waals surface area contributed by atoms with Crippen molar-refractivity contribution in [2.45, 2.75) is 20.4 Å². The molecule has 2 aromatic rings. The van der Waals surface area contributed by atoms with Crippen LogP contribution in [0.3, 0.4) is 0 Å². The molecule has 84 valence electrons. The van der Waals surface area contributed by atoms with E-state index in [1.165, 1.54) is 5.69 Å². The van der Waals surface area contributed by atoms with Crippen LogP contribution in [0.5, 0.6) is 0 Å². The van der Waals surface area contributed by atoms with Crippen molar-refractivity contribution in [1.29, 1.82) is 0 Å². The molecule has 0 saturated heterocycles. The van der Waals surface area contributed by atoms with Gasteiger partial charge in [-0.05, 0) is 38.1 Å². The summed E-state index contributed by atoms with van der Waals surface area (Å²) in [4.78, 5) is 4.43. The monoisotopic (exact) mass is 215 g/mol. The van der Waals surface area contributed by atoms with E-state index in [0.717, 1.165) is 23.6 Å². The van der Waals surface area contributed by atoms with Gasteiger partial charge in [0.2, 0.25) is 0 Å². The zero-order valence-electron chi connectivity index (χ0n) is 9.99. The van der Waals surface area contributed by atoms with Crippen LogP contribution in [0.15, 0.2) is 30.5 Å². The van der Waals surface area contributed by atoms with Gasteiger partial charge in [0.05, 0.1) is 17.9 Å². The lowest BCUT2D eigenvalue weighted by Crippen LogP contribution is -2.05. The molecule has 0 unspecified atom stereocenters. The van der Waals surface area contributed by atoms with Crippen LogP contribution in [0.25, 0.3) is 0 Å². The Labute approximate surface area is 96.1 Å². The Morgan fingerprint density at radius 3 is 2.69 bits per heavy atom. The van der Waals surface area contributed by atoms with Gasteiger partial charge in [0.1, 0.15) is 0 Å². The summed E-state index contributed by atoms with van der Waals surface area (Å²) in [7, 11) is 2.05. The number of pyridine rings is 1. The van der Waals surface area contributed by atoms with Crippen LogP contribution in [0, 0.1) is 13.8 Å². The van der Waals surface area contributed by atoms with Gasteiger partial charge in [0.15, 0.2) is 0 Å². The van der Waals surface area contributed by atoms with Crippen LogP contribution < -0.4 is 5.32 Å². The number of anilines is 1. The third-order valence-electron chi connectivity index (χ3n) is 2.74. The molecule has 2 heterocycles. The van der Waals surface area contributed by atoms with Crippen molar-refractivity contribution >= 4 is 5.69 Å². The standard InChI is InChI=1S/C13H17N3/c1-10-6-7-13(11(2)15-10)14-9-12-5-4-8-16(12)3/h4-8,14H,9H2,1-3H3.